The van der Waals surface area contributed by atoms with E-state index in [1.54, 1.807) is 0 Å². The van der Waals surface area contributed by atoms with Gasteiger partial charge < -0.3 is 4.89 Å². The van der Waals surface area contributed by atoms with E-state index in [1.807, 2.05) is 0 Å². The van der Waals surface area contributed by atoms with E-state index < -0.39 is 8.25 Å². The van der Waals surface area contributed by atoms with E-state index in [4.69, 9.17) is 0 Å². The molecule has 5 heteroatoms. The van der Waals surface area contributed by atoms with Crippen LogP contribution >= 0.6 is 8.25 Å². The fraction of sp³-hybridized carbons (Fsp3) is 1.00. The van der Waals surface area contributed by atoms with Gasteiger partial charge in [-0.05, 0) is 11.0 Å². The van der Waals surface area contributed by atoms with Gasteiger partial charge in [0.25, 0.3) is 0 Å². The molecule has 0 aliphatic rings. The zero-order valence-corrected chi connectivity index (χ0v) is 12.2. The molecule has 0 saturated heterocycles. The summed E-state index contributed by atoms with van der Waals surface area (Å²) in [4.78, 5) is 9.95. The van der Waals surface area contributed by atoms with Gasteiger partial charge in [0.2, 0.25) is 0 Å². The number of rotatable bonds is 8. The molecule has 0 fully saturated rings. The van der Waals surface area contributed by atoms with Crippen LogP contribution in [0.3, 0.4) is 0 Å². The van der Waals surface area contributed by atoms with Gasteiger partial charge in [0, 0.05) is 0 Å². The van der Waals surface area contributed by atoms with Crippen LogP contribution in [0.15, 0.2) is 0 Å². The molecule has 0 amide bonds. The van der Waals surface area contributed by atoms with E-state index >= 15 is 0 Å². The third-order valence-corrected chi connectivity index (χ3v) is 2.09. The van der Waals surface area contributed by atoms with Crippen molar-refractivity contribution in [1.82, 2.24) is 0 Å². The molecule has 0 saturated carbocycles. The summed E-state index contributed by atoms with van der Waals surface area (Å²) in [6, 6.07) is 0. The third-order valence-electron chi connectivity index (χ3n) is 1.69. The molecular formula is C8H17NdO3P+3. The molecule has 0 bridgehead atoms. The molecule has 0 aliphatic heterocycles. The zero-order chi connectivity index (χ0) is 9.23. The minimum Gasteiger partial charge on any atom is -0.566 e. The van der Waals surface area contributed by atoms with Gasteiger partial charge >= 0.3 is 49.1 Å². The maximum absolute atomic E-state index is 9.95. The van der Waals surface area contributed by atoms with E-state index in [9.17, 15) is 9.46 Å². The maximum Gasteiger partial charge on any atom is 3.00 e. The Labute approximate surface area is 114 Å². The summed E-state index contributed by atoms with van der Waals surface area (Å²) >= 11 is 0. The van der Waals surface area contributed by atoms with E-state index in [0.29, 0.717) is 6.61 Å². The van der Waals surface area contributed by atoms with Crippen LogP contribution in [0.25, 0.3) is 0 Å². The Morgan fingerprint density at radius 2 is 1.69 bits per heavy atom. The van der Waals surface area contributed by atoms with Crippen LogP contribution in [0.1, 0.15) is 45.4 Å². The summed E-state index contributed by atoms with van der Waals surface area (Å²) in [6.07, 6.45) is 6.88. The Hall–Kier alpha value is 1.37. The van der Waals surface area contributed by atoms with Gasteiger partial charge in [-0.1, -0.05) is 39.0 Å². The van der Waals surface area contributed by atoms with Crippen molar-refractivity contribution in [3.05, 3.63) is 0 Å². The molecule has 13 heavy (non-hydrogen) atoms. The van der Waals surface area contributed by atoms with Crippen molar-refractivity contribution in [3.63, 3.8) is 0 Å². The van der Waals surface area contributed by atoms with E-state index in [2.05, 4.69) is 11.4 Å². The molecule has 0 spiro atoms. The van der Waals surface area contributed by atoms with Crippen molar-refractivity contribution in [3.8, 4) is 0 Å². The fourth-order valence-electron chi connectivity index (χ4n) is 1.02. The van der Waals surface area contributed by atoms with Crippen LogP contribution in [-0.4, -0.2) is 6.61 Å². The first-order chi connectivity index (χ1) is 5.77. The molecule has 0 heterocycles. The van der Waals surface area contributed by atoms with E-state index in [-0.39, 0.29) is 40.8 Å². The average Bonchev–Trinajstić information content (AvgIpc) is 2.02. The van der Waals surface area contributed by atoms with Crippen molar-refractivity contribution in [2.75, 3.05) is 6.61 Å². The number of hydrogen-bond donors (Lipinski definition) is 0. The quantitative estimate of drug-likeness (QED) is 0.505. The molecule has 0 aromatic carbocycles. The summed E-state index contributed by atoms with van der Waals surface area (Å²) in [5.41, 5.74) is 0. The molecule has 73 valence electrons. The van der Waals surface area contributed by atoms with Crippen molar-refractivity contribution in [2.45, 2.75) is 45.4 Å². The first-order valence-corrected chi connectivity index (χ1v) is 5.64. The van der Waals surface area contributed by atoms with Crippen LogP contribution in [0.2, 0.25) is 0 Å². The van der Waals surface area contributed by atoms with Gasteiger partial charge in [0.05, 0.1) is 0 Å². The van der Waals surface area contributed by atoms with Crippen LogP contribution in [0.4, 0.5) is 0 Å². The Balaban J connectivity index is 0. The molecule has 1 atom stereocenters. The van der Waals surface area contributed by atoms with Gasteiger partial charge in [-0.25, -0.2) is 0 Å². The topological polar surface area (TPSA) is 49.4 Å². The Kier molecular flexibility index (Phi) is 17.3. The minimum absolute atomic E-state index is 0. The second-order valence-corrected chi connectivity index (χ2v) is 3.53. The maximum atomic E-state index is 9.95. The second-order valence-electron chi connectivity index (χ2n) is 2.82. The molecule has 3 nitrogen and oxygen atoms in total. The second kappa shape index (κ2) is 13.4. The SMILES string of the molecule is CCCCCCCCO[P+](=O)[O-].[Nd+3]. The monoisotopic (exact) mass is 334 g/mol. The molecule has 0 aromatic heterocycles. The molecular weight excluding hydrogens is 319 g/mol. The van der Waals surface area contributed by atoms with Crippen LogP contribution < -0.4 is 4.89 Å². The molecule has 1 radical (unpaired) electrons. The average molecular weight is 336 g/mol. The Morgan fingerprint density at radius 1 is 1.15 bits per heavy atom. The molecule has 0 rings (SSSR count). The van der Waals surface area contributed by atoms with Crippen molar-refractivity contribution in [2.24, 2.45) is 0 Å². The smallest absolute Gasteiger partial charge is 0.566 e. The van der Waals surface area contributed by atoms with Crippen LogP contribution in [0.5, 0.6) is 0 Å². The predicted octanol–water partition coefficient (Wildman–Crippen LogP) is 2.38. The molecule has 1 unspecified atom stereocenters. The molecule has 0 aliphatic carbocycles. The minimum atomic E-state index is -2.63. The summed E-state index contributed by atoms with van der Waals surface area (Å²) in [7, 11) is -2.63. The van der Waals surface area contributed by atoms with E-state index in [1.165, 1.54) is 25.7 Å². The van der Waals surface area contributed by atoms with E-state index in [0.717, 1.165) is 12.8 Å². The standard InChI is InChI=1S/C8H17O3P.Nd/c1-2-3-4-5-6-7-8-11-12(9)10;/h2-8H2,1H3;/q;+3. The normalized spacial score (nSPS) is 10.8. The Bertz CT molecular complexity index is 122. The van der Waals surface area contributed by atoms with Gasteiger partial charge in [-0.2, -0.15) is 0 Å². The van der Waals surface area contributed by atoms with Crippen molar-refractivity contribution >= 4 is 8.25 Å². The largest absolute Gasteiger partial charge is 3.00 e. The van der Waals surface area contributed by atoms with Gasteiger partial charge in [0.15, 0.2) is 0 Å². The number of unbranched alkanes of at least 4 members (excludes halogenated alkanes) is 5. The van der Waals surface area contributed by atoms with Gasteiger partial charge in [0.1, 0.15) is 6.61 Å². The van der Waals surface area contributed by atoms with Crippen molar-refractivity contribution in [1.29, 1.82) is 0 Å². The fourth-order valence-corrected chi connectivity index (χ4v) is 1.30. The first-order valence-electron chi connectivity index (χ1n) is 4.54. The Morgan fingerprint density at radius 3 is 2.23 bits per heavy atom. The number of hydrogen-bond acceptors (Lipinski definition) is 3. The third kappa shape index (κ3) is 16.1. The summed E-state index contributed by atoms with van der Waals surface area (Å²) in [6.45, 7) is 2.52. The van der Waals surface area contributed by atoms with Crippen LogP contribution in [0, 0.1) is 40.8 Å². The molecule has 0 aromatic rings. The van der Waals surface area contributed by atoms with Gasteiger partial charge in [-0.3, -0.25) is 0 Å². The summed E-state index contributed by atoms with van der Waals surface area (Å²) in [5, 5.41) is 0. The van der Waals surface area contributed by atoms with Gasteiger partial charge in [-0.15, -0.1) is 4.52 Å². The van der Waals surface area contributed by atoms with Crippen LogP contribution in [-0.2, 0) is 9.09 Å². The summed E-state index contributed by atoms with van der Waals surface area (Å²) < 4.78 is 14.4. The summed E-state index contributed by atoms with van der Waals surface area (Å²) in [5.74, 6) is 0. The predicted molar refractivity (Wildman–Crippen MR) is 46.9 cm³/mol. The zero-order valence-electron chi connectivity index (χ0n) is 8.12. The molecule has 0 N–H and O–H groups in total. The van der Waals surface area contributed by atoms with Crippen molar-refractivity contribution < 1.29 is 54.8 Å². The first kappa shape index (κ1) is 16.8.